The van der Waals surface area contributed by atoms with Crippen molar-refractivity contribution >= 4 is 124 Å². The van der Waals surface area contributed by atoms with Gasteiger partial charge in [0.1, 0.15) is 5.75 Å². The minimum absolute atomic E-state index is 0.226. The second-order valence-electron chi connectivity index (χ2n) is 15.9. The molecule has 0 spiro atoms. The van der Waals surface area contributed by atoms with E-state index in [-0.39, 0.29) is 5.41 Å². The molecule has 0 aliphatic heterocycles. The molecule has 0 N–H and O–H groups in total. The first kappa shape index (κ1) is 21.3. The van der Waals surface area contributed by atoms with Gasteiger partial charge in [-0.2, -0.15) is 0 Å². The van der Waals surface area contributed by atoms with Crippen LogP contribution < -0.4 is 4.74 Å². The number of hydrogen-bond acceptors (Lipinski definition) is 1. The number of rotatable bonds is 2. The number of benzene rings is 9. The monoisotopic (exact) mass is 600 g/mol. The summed E-state index contributed by atoms with van der Waals surface area (Å²) in [4.78, 5) is 0. The van der Waals surface area contributed by atoms with Gasteiger partial charge in [0.15, 0.2) is 0 Å². The first-order chi connectivity index (χ1) is 23.8. The van der Waals surface area contributed by atoms with E-state index in [9.17, 15) is 0 Å². The standard InChI is InChI=1S/C47H20O/c1-48-17-4-2-16(3-5-17)47-27-15-14-25-24-11-10-21-20-7-6-18-19-8-9-22-23-12-13-26(27)35-34(23)38-31(22)30(19)36-28(18)29(20)37-32(21)33(24)43(45(25)47)42-40(37)39(36)41(38)44(42)46(35)47/h2-13,15,25,45H,14H2,1H3/t25-,45?,47?/m0/s1. The van der Waals surface area contributed by atoms with E-state index >= 15 is 0 Å². The third-order valence-corrected chi connectivity index (χ3v) is 15.1. The molecule has 1 heteroatoms. The molecule has 214 valence electrons. The fraction of sp³-hybridized carbons (Fsp3) is 0.106. The molecule has 17 rings (SSSR count). The fourth-order valence-corrected chi connectivity index (χ4v) is 14.1. The maximum absolute atomic E-state index is 5.76. The summed E-state index contributed by atoms with van der Waals surface area (Å²) in [5, 5.41) is 33.8. The Bertz CT molecular complexity index is 3730. The first-order valence-electron chi connectivity index (χ1n) is 17.6. The molecule has 2 unspecified atom stereocenters. The lowest BCUT2D eigenvalue weighted by Gasteiger charge is -2.48. The van der Waals surface area contributed by atoms with Crippen LogP contribution in [0.1, 0.15) is 46.1 Å². The second-order valence-corrected chi connectivity index (χ2v) is 15.9. The van der Waals surface area contributed by atoms with Crippen molar-refractivity contribution in [1.82, 2.24) is 0 Å². The molecular weight excluding hydrogens is 581 g/mol. The zero-order chi connectivity index (χ0) is 30.0. The van der Waals surface area contributed by atoms with Gasteiger partial charge >= 0.3 is 0 Å². The molecule has 13 aromatic carbocycles. The molecule has 0 heterocycles. The predicted molar refractivity (Wildman–Crippen MR) is 200 cm³/mol. The van der Waals surface area contributed by atoms with Gasteiger partial charge in [0.25, 0.3) is 0 Å². The van der Waals surface area contributed by atoms with Crippen LogP contribution in [-0.2, 0) is 5.41 Å². The largest absolute Gasteiger partial charge is 0.497 e. The van der Waals surface area contributed by atoms with E-state index in [0.29, 0.717) is 11.8 Å². The number of fused-ring (bicyclic) bond motifs is 5. The van der Waals surface area contributed by atoms with Gasteiger partial charge in [-0.1, -0.05) is 66.7 Å². The molecule has 4 aliphatic carbocycles. The zero-order valence-electron chi connectivity index (χ0n) is 25.8. The molecule has 0 bridgehead atoms. The highest BCUT2D eigenvalue weighted by molar-refractivity contribution is 6.64. The highest BCUT2D eigenvalue weighted by atomic mass is 16.5. The van der Waals surface area contributed by atoms with E-state index in [0.717, 1.165) is 12.2 Å². The number of allylic oxidation sites excluding steroid dienone is 2. The van der Waals surface area contributed by atoms with E-state index in [1.807, 2.05) is 0 Å². The molecule has 0 radical (unpaired) electrons. The third kappa shape index (κ3) is 1.51. The lowest BCUT2D eigenvalue weighted by molar-refractivity contribution is 0.412. The van der Waals surface area contributed by atoms with E-state index in [4.69, 9.17) is 4.74 Å². The second kappa shape index (κ2) is 5.73. The van der Waals surface area contributed by atoms with Crippen LogP contribution in [-0.4, -0.2) is 7.11 Å². The van der Waals surface area contributed by atoms with Crippen LogP contribution >= 0.6 is 0 Å². The van der Waals surface area contributed by atoms with Gasteiger partial charge in [-0.15, -0.1) is 0 Å². The molecule has 4 aliphatic rings. The van der Waals surface area contributed by atoms with Crippen molar-refractivity contribution in [3.63, 3.8) is 0 Å². The van der Waals surface area contributed by atoms with Gasteiger partial charge in [-0.05, 0) is 176 Å². The zero-order valence-corrected chi connectivity index (χ0v) is 25.8. The van der Waals surface area contributed by atoms with E-state index in [2.05, 4.69) is 78.9 Å². The van der Waals surface area contributed by atoms with Crippen LogP contribution in [0.25, 0.3) is 124 Å². The van der Waals surface area contributed by atoms with Crippen LogP contribution in [0, 0.1) is 0 Å². The summed E-state index contributed by atoms with van der Waals surface area (Å²) in [5.74, 6) is 1.77. The van der Waals surface area contributed by atoms with Crippen LogP contribution in [0.5, 0.6) is 5.75 Å². The first-order valence-corrected chi connectivity index (χ1v) is 17.6. The van der Waals surface area contributed by atoms with E-state index in [1.54, 1.807) is 88.6 Å². The Hall–Kier alpha value is -5.66. The molecule has 0 saturated heterocycles. The maximum Gasteiger partial charge on any atom is 0.118 e. The topological polar surface area (TPSA) is 9.23 Å². The number of hydrogen-bond donors (Lipinski definition) is 0. The van der Waals surface area contributed by atoms with Gasteiger partial charge in [0.05, 0.1) is 12.5 Å². The number of methoxy groups -OCH3 is 1. The summed E-state index contributed by atoms with van der Waals surface area (Å²) in [6.45, 7) is 0. The lowest BCUT2D eigenvalue weighted by Crippen LogP contribution is -2.39. The molecule has 0 fully saturated rings. The van der Waals surface area contributed by atoms with Gasteiger partial charge in [0.2, 0.25) is 0 Å². The summed E-state index contributed by atoms with van der Waals surface area (Å²) >= 11 is 0. The fourth-order valence-electron chi connectivity index (χ4n) is 14.1. The Labute approximate surface area is 271 Å². The van der Waals surface area contributed by atoms with Crippen LogP contribution in [0.3, 0.4) is 0 Å². The smallest absolute Gasteiger partial charge is 0.118 e. The Morgan fingerprint density at radius 3 is 1.67 bits per heavy atom. The minimum atomic E-state index is -0.226. The predicted octanol–water partition coefficient (Wildman–Crippen LogP) is 12.2. The Balaban J connectivity index is 1.35. The van der Waals surface area contributed by atoms with Gasteiger partial charge in [-0.3, -0.25) is 0 Å². The van der Waals surface area contributed by atoms with Crippen molar-refractivity contribution in [2.45, 2.75) is 23.7 Å². The molecule has 3 atom stereocenters. The Morgan fingerprint density at radius 2 is 1.02 bits per heavy atom. The maximum atomic E-state index is 5.76. The molecule has 1 nitrogen and oxygen atoms in total. The van der Waals surface area contributed by atoms with Crippen molar-refractivity contribution in [2.75, 3.05) is 7.11 Å². The molecule has 0 aromatic heterocycles. The SMILES string of the molecule is COc1ccc(C23C4=CC[C@H]5c6ccc7c8ccc9c%10ccc%11c%12ccc4c4c2c2c%13c(c6c7c6c8c9c7c%10c%11c(c4%12)c2c7c%136)C53)cc1. The molecule has 13 aromatic rings. The quantitative estimate of drug-likeness (QED) is 0.179. The van der Waals surface area contributed by atoms with E-state index in [1.165, 1.54) is 70.4 Å². The summed E-state index contributed by atoms with van der Waals surface area (Å²) in [5.41, 5.74) is 9.16. The average molecular weight is 601 g/mol. The highest BCUT2D eigenvalue weighted by Crippen LogP contribution is 2.77. The number of ether oxygens (including phenoxy) is 1. The van der Waals surface area contributed by atoms with Gasteiger partial charge < -0.3 is 4.74 Å². The molecule has 0 saturated carbocycles. The minimum Gasteiger partial charge on any atom is -0.497 e. The summed E-state index contributed by atoms with van der Waals surface area (Å²) in [6.07, 6.45) is 3.78. The Kier molecular flexibility index (Phi) is 2.54. The summed E-state index contributed by atoms with van der Waals surface area (Å²) in [6, 6.07) is 29.2. The normalized spacial score (nSPS) is 22.8. The van der Waals surface area contributed by atoms with Gasteiger partial charge in [0, 0.05) is 5.92 Å². The lowest BCUT2D eigenvalue weighted by atomic mass is 9.53. The summed E-state index contributed by atoms with van der Waals surface area (Å²) in [7, 11) is 1.79. The Morgan fingerprint density at radius 1 is 0.500 bits per heavy atom. The molecule has 0 amide bonds. The van der Waals surface area contributed by atoms with Crippen molar-refractivity contribution in [2.24, 2.45) is 0 Å². The summed E-state index contributed by atoms with van der Waals surface area (Å²) < 4.78 is 5.76. The van der Waals surface area contributed by atoms with E-state index < -0.39 is 0 Å². The van der Waals surface area contributed by atoms with Crippen LogP contribution in [0.2, 0.25) is 0 Å². The van der Waals surface area contributed by atoms with Crippen molar-refractivity contribution < 1.29 is 4.74 Å². The average Bonchev–Trinajstić information content (AvgIpc) is 3.95. The van der Waals surface area contributed by atoms with Crippen molar-refractivity contribution in [3.05, 3.63) is 107 Å². The van der Waals surface area contributed by atoms with Crippen LogP contribution in [0.15, 0.2) is 78.9 Å². The molecular formula is C47H20O. The van der Waals surface area contributed by atoms with Crippen molar-refractivity contribution in [1.29, 1.82) is 0 Å². The molecule has 48 heavy (non-hydrogen) atoms. The van der Waals surface area contributed by atoms with Gasteiger partial charge in [-0.25, -0.2) is 0 Å². The van der Waals surface area contributed by atoms with Crippen LogP contribution in [0.4, 0.5) is 0 Å². The van der Waals surface area contributed by atoms with Crippen molar-refractivity contribution in [3.8, 4) is 5.75 Å². The third-order valence-electron chi connectivity index (χ3n) is 15.1. The highest BCUT2D eigenvalue weighted by Gasteiger charge is 2.62.